The fraction of sp³-hybridized carbons (Fsp3) is 0.308. The van der Waals surface area contributed by atoms with Crippen molar-refractivity contribution < 1.29 is 0 Å². The van der Waals surface area contributed by atoms with E-state index in [1.165, 1.54) is 0 Å². The van der Waals surface area contributed by atoms with Crippen molar-refractivity contribution in [2.45, 2.75) is 13.0 Å². The molecule has 2 aromatic rings. The number of nitrogens with zero attached hydrogens (tertiary/aromatic N) is 2. The van der Waals surface area contributed by atoms with E-state index in [1.54, 1.807) is 6.20 Å². The summed E-state index contributed by atoms with van der Waals surface area (Å²) in [6, 6.07) is 6.14. The topological polar surface area (TPSA) is 29.9 Å². The van der Waals surface area contributed by atoms with Crippen LogP contribution < -0.4 is 5.32 Å². The molecule has 1 aromatic heterocycles. The average Bonchev–Trinajstić information content (AvgIpc) is 2.67. The van der Waals surface area contributed by atoms with Gasteiger partial charge in [-0.2, -0.15) is 5.10 Å². The van der Waals surface area contributed by atoms with Crippen LogP contribution in [0.25, 0.3) is 0 Å². The highest BCUT2D eigenvalue weighted by atomic mass is 79.9. The van der Waals surface area contributed by atoms with Crippen LogP contribution in [0.1, 0.15) is 24.2 Å². The van der Waals surface area contributed by atoms with Crippen LogP contribution in [0, 0.1) is 0 Å². The minimum absolute atomic E-state index is 0.00692. The van der Waals surface area contributed by atoms with Crippen LogP contribution in [0.15, 0.2) is 33.3 Å². The third kappa shape index (κ3) is 3.21. The van der Waals surface area contributed by atoms with E-state index in [-0.39, 0.29) is 6.04 Å². The van der Waals surface area contributed by atoms with Gasteiger partial charge in [-0.05, 0) is 24.2 Å². The Hall–Kier alpha value is -0.360. The molecule has 0 bridgehead atoms. The van der Waals surface area contributed by atoms with E-state index in [9.17, 15) is 0 Å². The molecule has 0 aliphatic rings. The second kappa shape index (κ2) is 6.39. The first-order chi connectivity index (χ1) is 9.04. The number of halogens is 3. The zero-order valence-corrected chi connectivity index (χ0v) is 14.6. The number of nitrogens with one attached hydrogen (secondary N) is 1. The van der Waals surface area contributed by atoms with Crippen molar-refractivity contribution in [1.82, 2.24) is 15.1 Å². The Labute approximate surface area is 134 Å². The van der Waals surface area contributed by atoms with Gasteiger partial charge in [-0.15, -0.1) is 0 Å². The van der Waals surface area contributed by atoms with Crippen molar-refractivity contribution in [3.05, 3.63) is 49.6 Å². The zero-order chi connectivity index (χ0) is 14.0. The quantitative estimate of drug-likeness (QED) is 0.819. The number of hydrogen-bond donors (Lipinski definition) is 1. The largest absolute Gasteiger partial charge is 0.305 e. The summed E-state index contributed by atoms with van der Waals surface area (Å²) in [5.41, 5.74) is 2.10. The Kier molecular flexibility index (Phi) is 5.06. The standard InChI is InChI=1S/C13H14Br2ClN3/c1-3-17-12(13-11(16)7-18-19(13)2)9-5-4-8(14)6-10(9)15/h4-7,12,17H,3H2,1-2H3. The fourth-order valence-corrected chi connectivity index (χ4v) is 3.59. The highest BCUT2D eigenvalue weighted by molar-refractivity contribution is 9.11. The Bertz CT molecular complexity index is 564. The van der Waals surface area contributed by atoms with E-state index in [2.05, 4.69) is 55.3 Å². The van der Waals surface area contributed by atoms with Crippen LogP contribution in [0.3, 0.4) is 0 Å². The zero-order valence-electron chi connectivity index (χ0n) is 10.6. The Morgan fingerprint density at radius 1 is 1.42 bits per heavy atom. The lowest BCUT2D eigenvalue weighted by Crippen LogP contribution is -2.25. The van der Waals surface area contributed by atoms with Gasteiger partial charge in [0, 0.05) is 16.0 Å². The summed E-state index contributed by atoms with van der Waals surface area (Å²) in [5.74, 6) is 0. The van der Waals surface area contributed by atoms with E-state index in [0.717, 1.165) is 26.7 Å². The molecular formula is C13H14Br2ClN3. The molecule has 19 heavy (non-hydrogen) atoms. The van der Waals surface area contributed by atoms with Crippen molar-refractivity contribution >= 4 is 43.5 Å². The van der Waals surface area contributed by atoms with Crippen LogP contribution in [0.2, 0.25) is 5.02 Å². The van der Waals surface area contributed by atoms with Gasteiger partial charge in [0.2, 0.25) is 0 Å². The predicted molar refractivity (Wildman–Crippen MR) is 85.6 cm³/mol. The lowest BCUT2D eigenvalue weighted by molar-refractivity contribution is 0.571. The number of benzene rings is 1. The molecule has 102 valence electrons. The molecule has 1 N–H and O–H groups in total. The van der Waals surface area contributed by atoms with Crippen molar-refractivity contribution in [1.29, 1.82) is 0 Å². The number of aryl methyl sites for hydroxylation is 1. The molecule has 1 heterocycles. The summed E-state index contributed by atoms with van der Waals surface area (Å²) >= 11 is 13.3. The number of aromatic nitrogens is 2. The van der Waals surface area contributed by atoms with Gasteiger partial charge in [0.25, 0.3) is 0 Å². The van der Waals surface area contributed by atoms with E-state index in [4.69, 9.17) is 11.6 Å². The molecule has 3 nitrogen and oxygen atoms in total. The summed E-state index contributed by atoms with van der Waals surface area (Å²) < 4.78 is 3.88. The normalized spacial score (nSPS) is 12.7. The molecule has 0 spiro atoms. The third-order valence-electron chi connectivity index (χ3n) is 2.89. The molecule has 6 heteroatoms. The minimum atomic E-state index is 0.00692. The Morgan fingerprint density at radius 2 is 2.16 bits per heavy atom. The van der Waals surface area contributed by atoms with Crippen molar-refractivity contribution in [3.8, 4) is 0 Å². The monoisotopic (exact) mass is 405 g/mol. The van der Waals surface area contributed by atoms with Crippen LogP contribution in [0.4, 0.5) is 0 Å². The highest BCUT2D eigenvalue weighted by Crippen LogP contribution is 2.33. The molecule has 0 fully saturated rings. The van der Waals surface area contributed by atoms with Gasteiger partial charge in [-0.3, -0.25) is 4.68 Å². The summed E-state index contributed by atoms with van der Waals surface area (Å²) in [7, 11) is 1.90. The first-order valence-electron chi connectivity index (χ1n) is 5.90. The first kappa shape index (κ1) is 15.0. The maximum atomic E-state index is 6.26. The SMILES string of the molecule is CCNC(c1ccc(Br)cc1Br)c1c(Cl)cnn1C. The maximum absolute atomic E-state index is 6.26. The first-order valence-corrected chi connectivity index (χ1v) is 7.86. The molecule has 0 saturated carbocycles. The van der Waals surface area contributed by atoms with E-state index < -0.39 is 0 Å². The summed E-state index contributed by atoms with van der Waals surface area (Å²) in [6.45, 7) is 2.92. The number of hydrogen-bond acceptors (Lipinski definition) is 2. The van der Waals surface area contributed by atoms with Gasteiger partial charge in [-0.25, -0.2) is 0 Å². The molecule has 0 aliphatic carbocycles. The highest BCUT2D eigenvalue weighted by Gasteiger charge is 2.22. The second-order valence-electron chi connectivity index (χ2n) is 4.16. The van der Waals surface area contributed by atoms with Gasteiger partial charge >= 0.3 is 0 Å². The minimum Gasteiger partial charge on any atom is -0.305 e. The summed E-state index contributed by atoms with van der Waals surface area (Å²) in [4.78, 5) is 0. The Balaban J connectivity index is 2.51. The molecule has 0 radical (unpaired) electrons. The van der Waals surface area contributed by atoms with E-state index >= 15 is 0 Å². The Morgan fingerprint density at radius 3 is 2.68 bits per heavy atom. The van der Waals surface area contributed by atoms with Crippen LogP contribution in [-0.2, 0) is 7.05 Å². The molecule has 1 unspecified atom stereocenters. The summed E-state index contributed by atoms with van der Waals surface area (Å²) in [6.07, 6.45) is 1.67. The predicted octanol–water partition coefficient (Wildman–Crippen LogP) is 4.30. The molecule has 0 aliphatic heterocycles. The molecule has 1 atom stereocenters. The van der Waals surface area contributed by atoms with Crippen LogP contribution >= 0.6 is 43.5 Å². The van der Waals surface area contributed by atoms with Crippen molar-refractivity contribution in [2.24, 2.45) is 7.05 Å². The molecule has 0 amide bonds. The van der Waals surface area contributed by atoms with Gasteiger partial charge in [0.15, 0.2) is 0 Å². The van der Waals surface area contributed by atoms with Crippen molar-refractivity contribution in [3.63, 3.8) is 0 Å². The molecule has 0 saturated heterocycles. The lowest BCUT2D eigenvalue weighted by atomic mass is 10.0. The van der Waals surface area contributed by atoms with E-state index in [1.807, 2.05) is 23.9 Å². The van der Waals surface area contributed by atoms with Gasteiger partial charge in [0.1, 0.15) is 0 Å². The molecular weight excluding hydrogens is 393 g/mol. The lowest BCUT2D eigenvalue weighted by Gasteiger charge is -2.21. The van der Waals surface area contributed by atoms with Gasteiger partial charge in [0.05, 0.1) is 23.0 Å². The summed E-state index contributed by atoms with van der Waals surface area (Å²) in [5, 5.41) is 8.33. The van der Waals surface area contributed by atoms with Gasteiger partial charge in [-0.1, -0.05) is 56.5 Å². The average molecular weight is 408 g/mol. The van der Waals surface area contributed by atoms with Crippen molar-refractivity contribution in [2.75, 3.05) is 6.54 Å². The second-order valence-corrected chi connectivity index (χ2v) is 6.34. The maximum Gasteiger partial charge on any atom is 0.0837 e. The molecule has 1 aromatic carbocycles. The third-order valence-corrected chi connectivity index (χ3v) is 4.36. The van der Waals surface area contributed by atoms with Crippen LogP contribution in [0.5, 0.6) is 0 Å². The smallest absolute Gasteiger partial charge is 0.0837 e. The van der Waals surface area contributed by atoms with Crippen LogP contribution in [-0.4, -0.2) is 16.3 Å². The fourth-order valence-electron chi connectivity index (χ4n) is 2.04. The number of rotatable bonds is 4. The molecule has 2 rings (SSSR count). The van der Waals surface area contributed by atoms with E-state index in [0.29, 0.717) is 5.02 Å². The van der Waals surface area contributed by atoms with Gasteiger partial charge < -0.3 is 5.32 Å².